The number of amides is 1. The van der Waals surface area contributed by atoms with E-state index in [1.165, 1.54) is 16.4 Å². The second kappa shape index (κ2) is 9.06. The summed E-state index contributed by atoms with van der Waals surface area (Å²) in [4.78, 5) is 24.5. The first-order valence-electron chi connectivity index (χ1n) is 9.13. The number of halogens is 1. The average Bonchev–Trinajstić information content (AvgIpc) is 2.72. The lowest BCUT2D eigenvalue weighted by Crippen LogP contribution is -2.46. The van der Waals surface area contributed by atoms with Gasteiger partial charge in [0.1, 0.15) is 0 Å². The molecular formula is C20H21BrN2O5S. The number of hydrogen-bond donors (Lipinski definition) is 2. The highest BCUT2D eigenvalue weighted by molar-refractivity contribution is 9.10. The Morgan fingerprint density at radius 2 is 1.76 bits per heavy atom. The van der Waals surface area contributed by atoms with Crippen molar-refractivity contribution in [3.63, 3.8) is 0 Å². The number of benzene rings is 2. The van der Waals surface area contributed by atoms with Crippen molar-refractivity contribution in [1.82, 2.24) is 9.62 Å². The normalized spacial score (nSPS) is 18.7. The number of carbonyl (C=O) groups excluding carboxylic acids is 1. The van der Waals surface area contributed by atoms with E-state index in [2.05, 4.69) is 21.2 Å². The summed E-state index contributed by atoms with van der Waals surface area (Å²) in [5.74, 6) is -2.24. The standard InChI is InChI=1S/C20H21BrN2O5S/c21-16-8-10-17(11-9-16)29(27,28)23-12-4-7-15(13-23)19(24)22-18(20(25)26)14-5-2-1-3-6-14/h1-3,5-6,8-11,15,18H,4,7,12-13H2,(H,22,24)(H,25,26)/t15?,18-/m0/s1. The van der Waals surface area contributed by atoms with Crippen LogP contribution in [0.15, 0.2) is 64.0 Å². The Kier molecular flexibility index (Phi) is 6.71. The van der Waals surface area contributed by atoms with Gasteiger partial charge in [0.05, 0.1) is 10.8 Å². The summed E-state index contributed by atoms with van der Waals surface area (Å²) in [6, 6.07) is 13.6. The van der Waals surface area contributed by atoms with Gasteiger partial charge >= 0.3 is 5.97 Å². The maximum absolute atomic E-state index is 12.9. The quantitative estimate of drug-likeness (QED) is 0.661. The number of hydrogen-bond acceptors (Lipinski definition) is 4. The van der Waals surface area contributed by atoms with Gasteiger partial charge < -0.3 is 10.4 Å². The van der Waals surface area contributed by atoms with E-state index < -0.39 is 33.9 Å². The molecule has 2 aromatic rings. The maximum Gasteiger partial charge on any atom is 0.330 e. The van der Waals surface area contributed by atoms with E-state index in [9.17, 15) is 23.1 Å². The van der Waals surface area contributed by atoms with Gasteiger partial charge in [-0.25, -0.2) is 13.2 Å². The summed E-state index contributed by atoms with van der Waals surface area (Å²) in [7, 11) is -3.73. The van der Waals surface area contributed by atoms with Crippen LogP contribution in [0.25, 0.3) is 0 Å². The van der Waals surface area contributed by atoms with Crippen molar-refractivity contribution in [2.24, 2.45) is 5.92 Å². The maximum atomic E-state index is 12.9. The third-order valence-electron chi connectivity index (χ3n) is 4.87. The predicted molar refractivity (Wildman–Crippen MR) is 111 cm³/mol. The van der Waals surface area contributed by atoms with Crippen LogP contribution >= 0.6 is 15.9 Å². The van der Waals surface area contributed by atoms with Gasteiger partial charge in [0.25, 0.3) is 0 Å². The van der Waals surface area contributed by atoms with Gasteiger partial charge in [-0.15, -0.1) is 0 Å². The molecule has 0 aliphatic carbocycles. The molecule has 1 aliphatic heterocycles. The molecule has 0 radical (unpaired) electrons. The number of nitrogens with zero attached hydrogens (tertiary/aromatic N) is 1. The van der Waals surface area contributed by atoms with Gasteiger partial charge in [-0.3, -0.25) is 4.79 Å². The molecule has 3 rings (SSSR count). The van der Waals surface area contributed by atoms with Crippen molar-refractivity contribution < 1.29 is 23.1 Å². The highest BCUT2D eigenvalue weighted by atomic mass is 79.9. The summed E-state index contributed by atoms with van der Waals surface area (Å²) in [5.41, 5.74) is 0.462. The highest BCUT2D eigenvalue weighted by Gasteiger charge is 2.35. The number of carboxylic acids is 1. The molecule has 0 saturated carbocycles. The Morgan fingerprint density at radius 3 is 2.38 bits per heavy atom. The molecule has 7 nitrogen and oxygen atoms in total. The minimum atomic E-state index is -3.73. The molecule has 2 aromatic carbocycles. The Bertz CT molecular complexity index is 980. The first kappa shape index (κ1) is 21.5. The van der Waals surface area contributed by atoms with Crippen molar-refractivity contribution >= 4 is 37.8 Å². The zero-order valence-corrected chi connectivity index (χ0v) is 17.9. The second-order valence-corrected chi connectivity index (χ2v) is 9.70. The topological polar surface area (TPSA) is 104 Å². The Balaban J connectivity index is 1.73. The minimum absolute atomic E-state index is 0.0192. The molecule has 1 saturated heterocycles. The van der Waals surface area contributed by atoms with Crippen LogP contribution in [-0.2, 0) is 19.6 Å². The van der Waals surface area contributed by atoms with Gasteiger partial charge in [-0.05, 0) is 42.7 Å². The average molecular weight is 481 g/mol. The van der Waals surface area contributed by atoms with E-state index in [4.69, 9.17) is 0 Å². The molecule has 0 aromatic heterocycles. The van der Waals surface area contributed by atoms with E-state index in [-0.39, 0.29) is 11.4 Å². The Morgan fingerprint density at radius 1 is 1.10 bits per heavy atom. The van der Waals surface area contributed by atoms with E-state index >= 15 is 0 Å². The Labute approximate surface area is 177 Å². The molecule has 1 heterocycles. The SMILES string of the molecule is O=C(N[C@H](C(=O)O)c1ccccc1)C1CCCN(S(=O)(=O)c2ccc(Br)cc2)C1. The third kappa shape index (κ3) is 5.04. The fourth-order valence-corrected chi connectivity index (χ4v) is 5.11. The van der Waals surface area contributed by atoms with E-state index in [0.717, 1.165) is 4.47 Å². The van der Waals surface area contributed by atoms with Crippen LogP contribution in [0, 0.1) is 5.92 Å². The molecular weight excluding hydrogens is 460 g/mol. The zero-order chi connectivity index (χ0) is 21.0. The number of carbonyl (C=O) groups is 2. The van der Waals surface area contributed by atoms with Crippen LogP contribution in [0.1, 0.15) is 24.4 Å². The number of sulfonamides is 1. The number of carboxylic acid groups (broad SMARTS) is 1. The molecule has 0 spiro atoms. The largest absolute Gasteiger partial charge is 0.479 e. The van der Waals surface area contributed by atoms with E-state index in [1.54, 1.807) is 42.5 Å². The van der Waals surface area contributed by atoms with Gasteiger partial charge in [-0.2, -0.15) is 4.31 Å². The summed E-state index contributed by atoms with van der Waals surface area (Å²) in [5, 5.41) is 12.1. The summed E-state index contributed by atoms with van der Waals surface area (Å²) in [6.45, 7) is 0.342. The molecule has 1 amide bonds. The van der Waals surface area contributed by atoms with E-state index in [1.807, 2.05) is 0 Å². The predicted octanol–water partition coefficient (Wildman–Crippen LogP) is 2.79. The smallest absolute Gasteiger partial charge is 0.330 e. The molecule has 1 aliphatic rings. The number of nitrogens with one attached hydrogen (secondary N) is 1. The number of rotatable bonds is 6. The van der Waals surface area contributed by atoms with Crippen molar-refractivity contribution in [2.75, 3.05) is 13.1 Å². The van der Waals surface area contributed by atoms with E-state index in [0.29, 0.717) is 24.9 Å². The third-order valence-corrected chi connectivity index (χ3v) is 7.28. The van der Waals surface area contributed by atoms with Gasteiger partial charge in [0.2, 0.25) is 15.9 Å². The van der Waals surface area contributed by atoms with Crippen molar-refractivity contribution in [3.8, 4) is 0 Å². The van der Waals surface area contributed by atoms with Gasteiger partial charge in [0.15, 0.2) is 6.04 Å². The van der Waals surface area contributed by atoms with Crippen molar-refractivity contribution in [1.29, 1.82) is 0 Å². The molecule has 1 fully saturated rings. The van der Waals surface area contributed by atoms with Crippen LogP contribution in [0.4, 0.5) is 0 Å². The monoisotopic (exact) mass is 480 g/mol. The van der Waals surface area contributed by atoms with Crippen molar-refractivity contribution in [3.05, 3.63) is 64.6 Å². The summed E-state index contributed by atoms with van der Waals surface area (Å²) < 4.78 is 27.9. The summed E-state index contributed by atoms with van der Waals surface area (Å²) in [6.07, 6.45) is 1.02. The molecule has 1 unspecified atom stereocenters. The number of aliphatic carboxylic acids is 1. The lowest BCUT2D eigenvalue weighted by molar-refractivity contribution is -0.143. The Hall–Kier alpha value is -2.23. The zero-order valence-electron chi connectivity index (χ0n) is 15.5. The second-order valence-electron chi connectivity index (χ2n) is 6.85. The fraction of sp³-hybridized carbons (Fsp3) is 0.300. The molecule has 29 heavy (non-hydrogen) atoms. The molecule has 9 heteroatoms. The van der Waals surface area contributed by atoms with Gasteiger partial charge in [-0.1, -0.05) is 46.3 Å². The van der Waals surface area contributed by atoms with Crippen molar-refractivity contribution in [2.45, 2.75) is 23.8 Å². The molecule has 2 atom stereocenters. The van der Waals surface area contributed by atoms with Crippen LogP contribution in [-0.4, -0.2) is 42.8 Å². The molecule has 2 N–H and O–H groups in total. The highest BCUT2D eigenvalue weighted by Crippen LogP contribution is 2.25. The van der Waals surface area contributed by atoms with Crippen LogP contribution in [0.5, 0.6) is 0 Å². The number of piperidine rings is 1. The lowest BCUT2D eigenvalue weighted by atomic mass is 9.97. The minimum Gasteiger partial charge on any atom is -0.479 e. The summed E-state index contributed by atoms with van der Waals surface area (Å²) >= 11 is 3.28. The van der Waals surface area contributed by atoms with Crippen LogP contribution < -0.4 is 5.32 Å². The van der Waals surface area contributed by atoms with Crippen LogP contribution in [0.2, 0.25) is 0 Å². The first-order valence-corrected chi connectivity index (χ1v) is 11.4. The first-order chi connectivity index (χ1) is 13.8. The van der Waals surface area contributed by atoms with Gasteiger partial charge in [0, 0.05) is 17.6 Å². The van der Waals surface area contributed by atoms with Crippen LogP contribution in [0.3, 0.4) is 0 Å². The lowest BCUT2D eigenvalue weighted by Gasteiger charge is -2.31. The fourth-order valence-electron chi connectivity index (χ4n) is 3.32. The molecule has 0 bridgehead atoms. The molecule has 154 valence electrons.